The summed E-state index contributed by atoms with van der Waals surface area (Å²) in [5.74, 6) is -3.23. The summed E-state index contributed by atoms with van der Waals surface area (Å²) >= 11 is 0. The third-order valence-electron chi connectivity index (χ3n) is 5.60. The Bertz CT molecular complexity index is 1070. The minimum atomic E-state index is -5.24. The van der Waals surface area contributed by atoms with Crippen molar-refractivity contribution in [2.45, 2.75) is 50.5 Å². The van der Waals surface area contributed by atoms with E-state index in [1.165, 1.54) is 0 Å². The topological polar surface area (TPSA) is 69.6 Å². The Balaban J connectivity index is 2.42. The zero-order valence-electron chi connectivity index (χ0n) is 18.3. The van der Waals surface area contributed by atoms with E-state index in [1.807, 2.05) is 0 Å². The second-order valence-corrected chi connectivity index (χ2v) is 7.79. The number of aromatic nitrogens is 1. The Morgan fingerprint density at radius 1 is 0.912 bits per heavy atom. The fraction of sp³-hybridized carbons (Fsp3) is 0.455. The van der Waals surface area contributed by atoms with Crippen molar-refractivity contribution < 1.29 is 45.4 Å². The van der Waals surface area contributed by atoms with Gasteiger partial charge in [0.1, 0.15) is 22.6 Å². The Kier molecular flexibility index (Phi) is 7.18. The lowest BCUT2D eigenvalue weighted by Gasteiger charge is -2.26. The van der Waals surface area contributed by atoms with Crippen molar-refractivity contribution in [3.8, 4) is 5.69 Å². The van der Waals surface area contributed by atoms with Crippen molar-refractivity contribution in [2.24, 2.45) is 0 Å². The molecule has 1 fully saturated rings. The summed E-state index contributed by atoms with van der Waals surface area (Å²) in [6.45, 7) is 0. The summed E-state index contributed by atoms with van der Waals surface area (Å²) in [6.07, 6.45) is -6.51. The van der Waals surface area contributed by atoms with E-state index in [0.29, 0.717) is 29.5 Å². The van der Waals surface area contributed by atoms with Gasteiger partial charge in [0.25, 0.3) is 0 Å². The number of esters is 2. The second kappa shape index (κ2) is 9.59. The SMILES string of the molecule is COC(=O)c1c(C(=O)OC)c(C(F)(F)F)n(-c2cccc(C(F)(F)F)c2)c1NC1CCCCC1. The van der Waals surface area contributed by atoms with Gasteiger partial charge in [-0.1, -0.05) is 25.3 Å². The van der Waals surface area contributed by atoms with E-state index in [-0.39, 0.29) is 6.04 Å². The van der Waals surface area contributed by atoms with Crippen molar-refractivity contribution >= 4 is 17.8 Å². The standard InChI is InChI=1S/C22H22F6N2O4/c1-33-19(31)15-16(20(32)34-2)18(29-13-8-4-3-5-9-13)30(17(15)22(26,27)28)14-10-6-7-12(11-14)21(23,24)25/h6-7,10-11,13,29H,3-5,8-9H2,1-2H3. The minimum absolute atomic E-state index is 0.372. The molecule has 0 atom stereocenters. The van der Waals surface area contributed by atoms with Gasteiger partial charge in [-0.15, -0.1) is 0 Å². The number of hydrogen-bond acceptors (Lipinski definition) is 5. The number of alkyl halides is 6. The van der Waals surface area contributed by atoms with Crippen LogP contribution in [0.15, 0.2) is 24.3 Å². The van der Waals surface area contributed by atoms with E-state index >= 15 is 0 Å². The van der Waals surface area contributed by atoms with Gasteiger partial charge in [-0.05, 0) is 31.0 Å². The van der Waals surface area contributed by atoms with Crippen LogP contribution in [0.2, 0.25) is 0 Å². The van der Waals surface area contributed by atoms with Gasteiger partial charge in [0, 0.05) is 11.7 Å². The lowest BCUT2D eigenvalue weighted by molar-refractivity contribution is -0.142. The quantitative estimate of drug-likeness (QED) is 0.420. The summed E-state index contributed by atoms with van der Waals surface area (Å²) in [6, 6.07) is 2.82. The van der Waals surface area contributed by atoms with Crippen molar-refractivity contribution in [3.05, 3.63) is 46.6 Å². The maximum Gasteiger partial charge on any atom is 0.432 e. The number of hydrogen-bond donors (Lipinski definition) is 1. The Hall–Kier alpha value is -3.18. The van der Waals surface area contributed by atoms with Crippen LogP contribution in [0.5, 0.6) is 0 Å². The lowest BCUT2D eigenvalue weighted by Crippen LogP contribution is -2.25. The Morgan fingerprint density at radius 2 is 1.50 bits per heavy atom. The molecule has 1 aromatic carbocycles. The van der Waals surface area contributed by atoms with E-state index in [2.05, 4.69) is 14.8 Å². The first kappa shape index (κ1) is 25.4. The van der Waals surface area contributed by atoms with Gasteiger partial charge in [0.15, 0.2) is 0 Å². The third-order valence-corrected chi connectivity index (χ3v) is 5.60. The molecule has 0 aliphatic heterocycles. The average molecular weight is 492 g/mol. The van der Waals surface area contributed by atoms with Crippen LogP contribution in [0.1, 0.15) is 64.1 Å². The smallest absolute Gasteiger partial charge is 0.432 e. The first-order chi connectivity index (χ1) is 15.9. The minimum Gasteiger partial charge on any atom is -0.465 e. The normalized spacial score (nSPS) is 15.2. The van der Waals surface area contributed by atoms with Crippen LogP contribution in [0.4, 0.5) is 32.2 Å². The molecule has 1 heterocycles. The van der Waals surface area contributed by atoms with Crippen LogP contribution in [0.25, 0.3) is 5.69 Å². The molecule has 6 nitrogen and oxygen atoms in total. The number of nitrogens with zero attached hydrogens (tertiary/aromatic N) is 1. The molecule has 0 spiro atoms. The summed E-state index contributed by atoms with van der Waals surface area (Å²) < 4.78 is 92.6. The largest absolute Gasteiger partial charge is 0.465 e. The Morgan fingerprint density at radius 3 is 2.03 bits per heavy atom. The molecule has 0 radical (unpaired) electrons. The number of nitrogens with one attached hydrogen (secondary N) is 1. The van der Waals surface area contributed by atoms with Crippen LogP contribution in [0.3, 0.4) is 0 Å². The van der Waals surface area contributed by atoms with E-state index in [0.717, 1.165) is 45.6 Å². The number of methoxy groups -OCH3 is 2. The molecule has 0 saturated heterocycles. The molecule has 12 heteroatoms. The van der Waals surface area contributed by atoms with E-state index in [9.17, 15) is 35.9 Å². The number of rotatable bonds is 5. The number of halogens is 6. The summed E-state index contributed by atoms with van der Waals surface area (Å²) in [5.41, 5.74) is -5.28. The van der Waals surface area contributed by atoms with Crippen molar-refractivity contribution in [1.29, 1.82) is 0 Å². The average Bonchev–Trinajstić information content (AvgIpc) is 3.13. The van der Waals surface area contributed by atoms with Gasteiger partial charge in [0.2, 0.25) is 0 Å². The summed E-state index contributed by atoms with van der Waals surface area (Å²) in [7, 11) is 1.75. The third kappa shape index (κ3) is 5.00. The highest BCUT2D eigenvalue weighted by Crippen LogP contribution is 2.43. The number of carbonyl (C=O) groups excluding carboxylic acids is 2. The maximum absolute atomic E-state index is 14.3. The lowest BCUT2D eigenvalue weighted by atomic mass is 9.95. The van der Waals surface area contributed by atoms with Gasteiger partial charge in [-0.25, -0.2) is 9.59 Å². The van der Waals surface area contributed by atoms with Crippen LogP contribution in [-0.4, -0.2) is 36.8 Å². The number of anilines is 1. The molecule has 1 aliphatic carbocycles. The molecular formula is C22H22F6N2O4. The van der Waals surface area contributed by atoms with Crippen molar-refractivity contribution in [1.82, 2.24) is 4.57 Å². The molecule has 1 N–H and O–H groups in total. The number of ether oxygens (including phenoxy) is 2. The molecule has 1 aliphatic rings. The fourth-order valence-corrected chi connectivity index (χ4v) is 4.10. The van der Waals surface area contributed by atoms with Gasteiger partial charge < -0.3 is 14.8 Å². The highest BCUT2D eigenvalue weighted by Gasteiger charge is 2.46. The number of benzene rings is 1. The van der Waals surface area contributed by atoms with Crippen LogP contribution in [-0.2, 0) is 21.8 Å². The highest BCUT2D eigenvalue weighted by atomic mass is 19.4. The first-order valence-corrected chi connectivity index (χ1v) is 10.4. The van der Waals surface area contributed by atoms with E-state index in [4.69, 9.17) is 0 Å². The highest BCUT2D eigenvalue weighted by molar-refractivity contribution is 6.08. The van der Waals surface area contributed by atoms with Gasteiger partial charge >= 0.3 is 24.3 Å². The molecule has 186 valence electrons. The van der Waals surface area contributed by atoms with Gasteiger partial charge in [-0.3, -0.25) is 4.57 Å². The van der Waals surface area contributed by atoms with Gasteiger partial charge in [-0.2, -0.15) is 26.3 Å². The predicted octanol–water partition coefficient (Wildman–Crippen LogP) is 5.83. The Labute approximate surface area is 190 Å². The monoisotopic (exact) mass is 492 g/mol. The van der Waals surface area contributed by atoms with E-state index < -0.39 is 58.2 Å². The van der Waals surface area contributed by atoms with Crippen LogP contribution >= 0.6 is 0 Å². The van der Waals surface area contributed by atoms with Crippen molar-refractivity contribution in [3.63, 3.8) is 0 Å². The molecule has 1 aromatic heterocycles. The van der Waals surface area contributed by atoms with Gasteiger partial charge in [0.05, 0.1) is 19.8 Å². The summed E-state index contributed by atoms with van der Waals surface area (Å²) in [4.78, 5) is 25.1. The molecule has 0 bridgehead atoms. The molecule has 34 heavy (non-hydrogen) atoms. The molecule has 2 aromatic rings. The molecule has 1 saturated carbocycles. The number of carbonyl (C=O) groups is 2. The molecular weight excluding hydrogens is 470 g/mol. The molecule has 0 unspecified atom stereocenters. The van der Waals surface area contributed by atoms with Crippen LogP contribution < -0.4 is 5.32 Å². The zero-order chi connectivity index (χ0) is 25.3. The maximum atomic E-state index is 14.3. The fourth-order valence-electron chi connectivity index (χ4n) is 4.10. The predicted molar refractivity (Wildman–Crippen MR) is 109 cm³/mol. The van der Waals surface area contributed by atoms with E-state index in [1.54, 1.807) is 0 Å². The summed E-state index contributed by atoms with van der Waals surface area (Å²) in [5, 5.41) is 2.87. The first-order valence-electron chi connectivity index (χ1n) is 10.4. The molecule has 0 amide bonds. The zero-order valence-corrected chi connectivity index (χ0v) is 18.3. The van der Waals surface area contributed by atoms with Crippen LogP contribution in [0, 0.1) is 0 Å². The second-order valence-electron chi connectivity index (χ2n) is 7.79. The van der Waals surface area contributed by atoms with Crippen molar-refractivity contribution in [2.75, 3.05) is 19.5 Å². The molecule has 3 rings (SSSR count).